The van der Waals surface area contributed by atoms with Crippen LogP contribution in [0.4, 0.5) is 0 Å². The molecule has 6 heteroatoms. The van der Waals surface area contributed by atoms with Gasteiger partial charge in [0.15, 0.2) is 0 Å². The number of piperidine rings is 1. The quantitative estimate of drug-likeness (QED) is 0.516. The predicted molar refractivity (Wildman–Crippen MR) is 133 cm³/mol. The molecule has 1 atom stereocenters. The average molecular weight is 448 g/mol. The first-order valence-corrected chi connectivity index (χ1v) is 11.5. The number of hydrogen-bond acceptors (Lipinski definition) is 6. The number of methoxy groups -OCH3 is 2. The van der Waals surface area contributed by atoms with Gasteiger partial charge in [-0.25, -0.2) is 0 Å². The van der Waals surface area contributed by atoms with Crippen LogP contribution in [0.25, 0.3) is 17.0 Å². The Morgan fingerprint density at radius 3 is 2.52 bits per heavy atom. The summed E-state index contributed by atoms with van der Waals surface area (Å²) in [6.45, 7) is 3.43. The van der Waals surface area contributed by atoms with Gasteiger partial charge in [0.2, 0.25) is 0 Å². The van der Waals surface area contributed by atoms with Crippen LogP contribution >= 0.6 is 0 Å². The van der Waals surface area contributed by atoms with Gasteiger partial charge in [-0.2, -0.15) is 0 Å². The van der Waals surface area contributed by atoms with Crippen molar-refractivity contribution in [3.05, 3.63) is 71.9 Å². The first kappa shape index (κ1) is 23.2. The Balaban J connectivity index is 1.24. The molecule has 1 fully saturated rings. The zero-order valence-electron chi connectivity index (χ0n) is 19.4. The van der Waals surface area contributed by atoms with Gasteiger partial charge in [-0.05, 0) is 73.5 Å². The maximum Gasteiger partial charge on any atom is 0.119 e. The van der Waals surface area contributed by atoms with Crippen molar-refractivity contribution in [2.24, 2.45) is 0 Å². The summed E-state index contributed by atoms with van der Waals surface area (Å²) in [6, 6.07) is 16.3. The third kappa shape index (κ3) is 6.11. The number of aromatic nitrogens is 1. The van der Waals surface area contributed by atoms with Crippen LogP contribution in [-0.2, 0) is 0 Å². The van der Waals surface area contributed by atoms with Crippen molar-refractivity contribution < 1.29 is 14.6 Å². The second-order valence-electron chi connectivity index (χ2n) is 8.46. The van der Waals surface area contributed by atoms with Crippen LogP contribution in [0.3, 0.4) is 0 Å². The van der Waals surface area contributed by atoms with E-state index in [2.05, 4.69) is 39.5 Å². The van der Waals surface area contributed by atoms with E-state index in [0.717, 1.165) is 60.4 Å². The van der Waals surface area contributed by atoms with Crippen LogP contribution in [0.1, 0.15) is 30.1 Å². The molecule has 0 bridgehead atoms. The minimum absolute atomic E-state index is 0.505. The molecular formula is C27H33N3O3. The number of fused-ring (bicyclic) bond motifs is 1. The molecule has 0 aliphatic carbocycles. The number of nitrogens with zero attached hydrogens (tertiary/aromatic N) is 2. The Morgan fingerprint density at radius 1 is 1.06 bits per heavy atom. The van der Waals surface area contributed by atoms with E-state index >= 15 is 0 Å². The predicted octanol–water partition coefficient (Wildman–Crippen LogP) is 4.05. The summed E-state index contributed by atoms with van der Waals surface area (Å²) >= 11 is 0. The molecule has 0 radical (unpaired) electrons. The summed E-state index contributed by atoms with van der Waals surface area (Å²) in [5.74, 6) is 1.65. The van der Waals surface area contributed by atoms with E-state index in [-0.39, 0.29) is 0 Å². The van der Waals surface area contributed by atoms with Crippen molar-refractivity contribution in [3.8, 4) is 11.5 Å². The van der Waals surface area contributed by atoms with Gasteiger partial charge in [-0.1, -0.05) is 24.3 Å². The molecule has 1 aromatic heterocycles. The second kappa shape index (κ2) is 11.3. The molecule has 2 N–H and O–H groups in total. The number of benzene rings is 2. The smallest absolute Gasteiger partial charge is 0.119 e. The standard InChI is InChI=1S/C27H33N3O3/c1-32-22-7-5-20(6-8-22)4-3-14-28-21-12-16-30(17-13-21)19-27(31)24-11-15-29-26-10-9-23(33-2)18-25(24)26/h3-11,15,18,21,27-28,31H,12-14,16-17,19H2,1-2H3/b4-3+/t27-/m0/s1. The SMILES string of the molecule is COc1ccc(/C=C/CNC2CCN(C[C@H](O)c3ccnc4ccc(OC)cc34)CC2)cc1. The highest BCUT2D eigenvalue weighted by Gasteiger charge is 2.22. The third-order valence-electron chi connectivity index (χ3n) is 6.31. The lowest BCUT2D eigenvalue weighted by atomic mass is 10.0. The molecule has 0 spiro atoms. The molecule has 2 heterocycles. The highest BCUT2D eigenvalue weighted by atomic mass is 16.5. The van der Waals surface area contributed by atoms with E-state index < -0.39 is 6.10 Å². The Morgan fingerprint density at radius 2 is 1.79 bits per heavy atom. The van der Waals surface area contributed by atoms with E-state index in [0.29, 0.717) is 12.6 Å². The van der Waals surface area contributed by atoms with Crippen LogP contribution in [-0.4, -0.2) is 61.4 Å². The fourth-order valence-electron chi connectivity index (χ4n) is 4.37. The van der Waals surface area contributed by atoms with Crippen LogP contribution in [0, 0.1) is 0 Å². The molecule has 1 aliphatic rings. The van der Waals surface area contributed by atoms with Crippen molar-refractivity contribution in [1.82, 2.24) is 15.2 Å². The van der Waals surface area contributed by atoms with Crippen LogP contribution in [0.5, 0.6) is 11.5 Å². The van der Waals surface area contributed by atoms with Crippen molar-refractivity contribution in [3.63, 3.8) is 0 Å². The highest BCUT2D eigenvalue weighted by molar-refractivity contribution is 5.83. The van der Waals surface area contributed by atoms with Gasteiger partial charge < -0.3 is 24.8 Å². The molecule has 1 saturated heterocycles. The first-order chi connectivity index (χ1) is 16.2. The molecule has 6 nitrogen and oxygen atoms in total. The topological polar surface area (TPSA) is 66.9 Å². The van der Waals surface area contributed by atoms with Crippen molar-refractivity contribution in [2.75, 3.05) is 40.4 Å². The fourth-order valence-corrected chi connectivity index (χ4v) is 4.37. The number of aliphatic hydroxyl groups is 1. The zero-order chi connectivity index (χ0) is 23.0. The normalized spacial score (nSPS) is 16.3. The number of aliphatic hydroxyl groups excluding tert-OH is 1. The summed E-state index contributed by atoms with van der Waals surface area (Å²) in [5.41, 5.74) is 2.95. The van der Waals surface area contributed by atoms with Crippen LogP contribution in [0.15, 0.2) is 60.8 Å². The van der Waals surface area contributed by atoms with E-state index in [1.165, 1.54) is 5.56 Å². The van der Waals surface area contributed by atoms with E-state index in [1.54, 1.807) is 20.4 Å². The Hall–Kier alpha value is -2.93. The number of β-amino-alcohol motifs (C(OH)–C–C–N with tert-alkyl or cyclic N) is 1. The number of ether oxygens (including phenoxy) is 2. The van der Waals surface area contributed by atoms with Crippen LogP contribution < -0.4 is 14.8 Å². The van der Waals surface area contributed by atoms with E-state index in [1.807, 2.05) is 36.4 Å². The molecule has 3 aromatic rings. The molecule has 33 heavy (non-hydrogen) atoms. The zero-order valence-corrected chi connectivity index (χ0v) is 19.4. The number of nitrogens with one attached hydrogen (secondary N) is 1. The largest absolute Gasteiger partial charge is 0.497 e. The minimum Gasteiger partial charge on any atom is -0.497 e. The first-order valence-electron chi connectivity index (χ1n) is 11.5. The molecule has 0 saturated carbocycles. The second-order valence-corrected chi connectivity index (χ2v) is 8.46. The summed E-state index contributed by atoms with van der Waals surface area (Å²) in [5, 5.41) is 15.6. The highest BCUT2D eigenvalue weighted by Crippen LogP contribution is 2.27. The Kier molecular flexibility index (Phi) is 7.94. The molecular weight excluding hydrogens is 414 g/mol. The molecule has 2 aromatic carbocycles. The summed E-state index contributed by atoms with van der Waals surface area (Å²) < 4.78 is 10.6. The maximum absolute atomic E-state index is 11.0. The average Bonchev–Trinajstić information content (AvgIpc) is 2.87. The van der Waals surface area contributed by atoms with Gasteiger partial charge >= 0.3 is 0 Å². The molecule has 174 valence electrons. The molecule has 0 unspecified atom stereocenters. The van der Waals surface area contributed by atoms with Crippen LogP contribution in [0.2, 0.25) is 0 Å². The minimum atomic E-state index is -0.556. The van der Waals surface area contributed by atoms with Gasteiger partial charge in [0.1, 0.15) is 11.5 Å². The van der Waals surface area contributed by atoms with Gasteiger partial charge in [0.05, 0.1) is 25.8 Å². The summed E-state index contributed by atoms with van der Waals surface area (Å²) in [7, 11) is 3.33. The van der Waals surface area contributed by atoms with Crippen molar-refractivity contribution in [2.45, 2.75) is 25.0 Å². The number of rotatable bonds is 9. The number of likely N-dealkylation sites (tertiary alicyclic amines) is 1. The number of hydrogen-bond donors (Lipinski definition) is 2. The lowest BCUT2D eigenvalue weighted by Crippen LogP contribution is -2.43. The summed E-state index contributed by atoms with van der Waals surface area (Å²) in [6.07, 6.45) is 7.66. The maximum atomic E-state index is 11.0. The lowest BCUT2D eigenvalue weighted by molar-refractivity contribution is 0.0955. The van der Waals surface area contributed by atoms with Gasteiger partial charge in [0.25, 0.3) is 0 Å². The molecule has 1 aliphatic heterocycles. The van der Waals surface area contributed by atoms with Crippen molar-refractivity contribution in [1.29, 1.82) is 0 Å². The van der Waals surface area contributed by atoms with Gasteiger partial charge in [-0.3, -0.25) is 4.98 Å². The monoisotopic (exact) mass is 447 g/mol. The molecule has 4 rings (SSSR count). The Bertz CT molecular complexity index is 1060. The Labute approximate surface area is 195 Å². The van der Waals surface area contributed by atoms with Gasteiger partial charge in [0, 0.05) is 30.7 Å². The van der Waals surface area contributed by atoms with Crippen molar-refractivity contribution >= 4 is 17.0 Å². The van der Waals surface area contributed by atoms with E-state index in [4.69, 9.17) is 9.47 Å². The van der Waals surface area contributed by atoms with Gasteiger partial charge in [-0.15, -0.1) is 0 Å². The summed E-state index contributed by atoms with van der Waals surface area (Å²) in [4.78, 5) is 6.77. The number of pyridine rings is 1. The molecule has 0 amide bonds. The lowest BCUT2D eigenvalue weighted by Gasteiger charge is -2.33. The van der Waals surface area contributed by atoms with E-state index in [9.17, 15) is 5.11 Å². The third-order valence-corrected chi connectivity index (χ3v) is 6.31. The fraction of sp³-hybridized carbons (Fsp3) is 0.370.